The minimum absolute atomic E-state index is 0.248. The van der Waals surface area contributed by atoms with Crippen LogP contribution in [-0.4, -0.2) is 48.6 Å². The first-order valence-electron chi connectivity index (χ1n) is 8.01. The number of hydrogen-bond donors (Lipinski definition) is 1. The lowest BCUT2D eigenvalue weighted by Crippen LogP contribution is -2.55. The van der Waals surface area contributed by atoms with Crippen LogP contribution in [0.4, 0.5) is 4.79 Å². The Morgan fingerprint density at radius 2 is 1.76 bits per heavy atom. The highest BCUT2D eigenvalue weighted by Gasteiger charge is 2.34. The van der Waals surface area contributed by atoms with E-state index in [0.29, 0.717) is 11.8 Å². The number of fused-ring (bicyclic) bond motifs is 2. The van der Waals surface area contributed by atoms with Crippen molar-refractivity contribution in [2.45, 2.75) is 19.3 Å². The van der Waals surface area contributed by atoms with Gasteiger partial charge in [0.05, 0.1) is 0 Å². The van der Waals surface area contributed by atoms with Crippen molar-refractivity contribution in [3.05, 3.63) is 35.9 Å². The maximum Gasteiger partial charge on any atom is 0.314 e. The molecule has 0 aromatic heterocycles. The summed E-state index contributed by atoms with van der Waals surface area (Å²) in [6.45, 7) is 5.10. The highest BCUT2D eigenvalue weighted by molar-refractivity contribution is 5.72. The predicted octanol–water partition coefficient (Wildman–Crippen LogP) is 1.95. The fourth-order valence-corrected chi connectivity index (χ4v) is 3.90. The number of nitrogens with two attached hydrogens (primary N) is 1. The van der Waals surface area contributed by atoms with Gasteiger partial charge in [0.1, 0.15) is 0 Å². The number of nitrogens with zero attached hydrogens (tertiary/aromatic N) is 2. The zero-order chi connectivity index (χ0) is 14.7. The van der Waals surface area contributed by atoms with Gasteiger partial charge in [0.15, 0.2) is 0 Å². The summed E-state index contributed by atoms with van der Waals surface area (Å²) >= 11 is 0. The van der Waals surface area contributed by atoms with E-state index >= 15 is 0 Å². The van der Waals surface area contributed by atoms with Gasteiger partial charge in [-0.3, -0.25) is 0 Å². The quantitative estimate of drug-likeness (QED) is 0.920. The van der Waals surface area contributed by atoms with Crippen molar-refractivity contribution in [2.24, 2.45) is 17.6 Å². The molecule has 3 rings (SSSR count). The van der Waals surface area contributed by atoms with E-state index in [-0.39, 0.29) is 6.03 Å². The first-order chi connectivity index (χ1) is 10.2. The smallest absolute Gasteiger partial charge is 0.314 e. The molecule has 2 fully saturated rings. The molecule has 1 aromatic rings. The van der Waals surface area contributed by atoms with Crippen molar-refractivity contribution in [3.63, 3.8) is 0 Å². The van der Waals surface area contributed by atoms with Crippen LogP contribution in [0.25, 0.3) is 0 Å². The van der Waals surface area contributed by atoms with E-state index in [0.717, 1.165) is 32.6 Å². The molecule has 1 aromatic carbocycles. The predicted molar refractivity (Wildman–Crippen MR) is 84.0 cm³/mol. The van der Waals surface area contributed by atoms with Gasteiger partial charge in [0.2, 0.25) is 0 Å². The van der Waals surface area contributed by atoms with Gasteiger partial charge in [-0.1, -0.05) is 30.3 Å². The number of carbonyl (C=O) groups is 1. The zero-order valence-electron chi connectivity index (χ0n) is 12.6. The average Bonchev–Trinajstić information content (AvgIpc) is 2.47. The zero-order valence-corrected chi connectivity index (χ0v) is 12.6. The van der Waals surface area contributed by atoms with E-state index in [1.807, 2.05) is 4.90 Å². The lowest BCUT2D eigenvalue weighted by atomic mass is 9.84. The topological polar surface area (TPSA) is 49.6 Å². The van der Waals surface area contributed by atoms with Crippen molar-refractivity contribution in [3.8, 4) is 0 Å². The van der Waals surface area contributed by atoms with E-state index in [1.54, 1.807) is 0 Å². The standard InChI is InChI=1S/C17H25N3O/c18-17(21)20-12-15-9-16(13-20)11-19(10-15)8-4-7-14-5-2-1-3-6-14/h1-3,5-6,15-16H,4,7-13H2,(H2,18,21). The fraction of sp³-hybridized carbons (Fsp3) is 0.588. The van der Waals surface area contributed by atoms with Crippen LogP contribution in [0.1, 0.15) is 18.4 Å². The molecule has 2 amide bonds. The number of hydrogen-bond acceptors (Lipinski definition) is 2. The summed E-state index contributed by atoms with van der Waals surface area (Å²) in [7, 11) is 0. The SMILES string of the molecule is NC(=O)N1CC2CC(CN(CCCc3ccccc3)C2)C1. The van der Waals surface area contributed by atoms with Crippen LogP contribution in [0.3, 0.4) is 0 Å². The van der Waals surface area contributed by atoms with Crippen LogP contribution in [0.15, 0.2) is 30.3 Å². The van der Waals surface area contributed by atoms with E-state index in [1.165, 1.54) is 24.9 Å². The number of carbonyl (C=O) groups excluding carboxylic acids is 1. The van der Waals surface area contributed by atoms with Crippen molar-refractivity contribution in [2.75, 3.05) is 32.7 Å². The Morgan fingerprint density at radius 3 is 2.38 bits per heavy atom. The van der Waals surface area contributed by atoms with Gasteiger partial charge in [-0.15, -0.1) is 0 Å². The van der Waals surface area contributed by atoms with Crippen LogP contribution in [-0.2, 0) is 6.42 Å². The van der Waals surface area contributed by atoms with Crippen LogP contribution < -0.4 is 5.73 Å². The van der Waals surface area contributed by atoms with Crippen molar-refractivity contribution >= 4 is 6.03 Å². The normalized spacial score (nSPS) is 25.8. The molecule has 0 spiro atoms. The van der Waals surface area contributed by atoms with Gasteiger partial charge in [0.25, 0.3) is 0 Å². The number of amides is 2. The Bertz CT molecular complexity index is 462. The molecule has 2 aliphatic rings. The van der Waals surface area contributed by atoms with Gasteiger partial charge >= 0.3 is 6.03 Å². The molecular formula is C17H25N3O. The van der Waals surface area contributed by atoms with E-state index in [9.17, 15) is 4.79 Å². The maximum absolute atomic E-state index is 11.3. The molecular weight excluding hydrogens is 262 g/mol. The Morgan fingerprint density at radius 1 is 1.10 bits per heavy atom. The Balaban J connectivity index is 1.45. The Hall–Kier alpha value is -1.55. The van der Waals surface area contributed by atoms with Crippen molar-refractivity contribution < 1.29 is 4.79 Å². The van der Waals surface area contributed by atoms with E-state index in [2.05, 4.69) is 35.2 Å². The fourth-order valence-electron chi connectivity index (χ4n) is 3.90. The summed E-state index contributed by atoms with van der Waals surface area (Å²) in [5, 5.41) is 0. The van der Waals surface area contributed by atoms with Crippen LogP contribution in [0.5, 0.6) is 0 Å². The van der Waals surface area contributed by atoms with Crippen LogP contribution in [0, 0.1) is 11.8 Å². The molecule has 4 nitrogen and oxygen atoms in total. The molecule has 2 atom stereocenters. The van der Waals surface area contributed by atoms with Gasteiger partial charge in [-0.05, 0) is 43.2 Å². The number of urea groups is 1. The summed E-state index contributed by atoms with van der Waals surface area (Å²) < 4.78 is 0. The molecule has 2 bridgehead atoms. The third kappa shape index (κ3) is 3.76. The maximum atomic E-state index is 11.3. The minimum Gasteiger partial charge on any atom is -0.351 e. The van der Waals surface area contributed by atoms with Crippen LogP contribution in [0.2, 0.25) is 0 Å². The lowest BCUT2D eigenvalue weighted by molar-refractivity contribution is 0.0481. The average molecular weight is 287 g/mol. The molecule has 21 heavy (non-hydrogen) atoms. The monoisotopic (exact) mass is 287 g/mol. The minimum atomic E-state index is -0.248. The lowest BCUT2D eigenvalue weighted by Gasteiger charge is -2.45. The van der Waals surface area contributed by atoms with Gasteiger partial charge in [-0.25, -0.2) is 4.79 Å². The van der Waals surface area contributed by atoms with Gasteiger partial charge < -0.3 is 15.5 Å². The van der Waals surface area contributed by atoms with Crippen LogP contribution >= 0.6 is 0 Å². The molecule has 2 saturated heterocycles. The highest BCUT2D eigenvalue weighted by Crippen LogP contribution is 2.28. The number of piperidine rings is 2. The number of likely N-dealkylation sites (tertiary alicyclic amines) is 2. The third-order valence-electron chi connectivity index (χ3n) is 4.75. The molecule has 2 unspecified atom stereocenters. The number of rotatable bonds is 4. The van der Waals surface area contributed by atoms with E-state index in [4.69, 9.17) is 5.73 Å². The number of primary amides is 1. The second kappa shape index (κ2) is 6.48. The van der Waals surface area contributed by atoms with Crippen molar-refractivity contribution in [1.29, 1.82) is 0 Å². The second-order valence-electron chi connectivity index (χ2n) is 6.56. The van der Waals surface area contributed by atoms with Gasteiger partial charge in [-0.2, -0.15) is 0 Å². The summed E-state index contributed by atoms with van der Waals surface area (Å²) in [5.74, 6) is 1.23. The number of aryl methyl sites for hydroxylation is 1. The van der Waals surface area contributed by atoms with Crippen molar-refractivity contribution in [1.82, 2.24) is 9.80 Å². The summed E-state index contributed by atoms with van der Waals surface area (Å²) in [6, 6.07) is 10.4. The largest absolute Gasteiger partial charge is 0.351 e. The first-order valence-corrected chi connectivity index (χ1v) is 8.01. The van der Waals surface area contributed by atoms with Gasteiger partial charge in [0, 0.05) is 26.2 Å². The molecule has 2 heterocycles. The molecule has 2 N–H and O–H groups in total. The van der Waals surface area contributed by atoms with E-state index < -0.39 is 0 Å². The number of benzene rings is 1. The Labute approximate surface area is 126 Å². The summed E-state index contributed by atoms with van der Waals surface area (Å²) in [6.07, 6.45) is 3.63. The third-order valence-corrected chi connectivity index (χ3v) is 4.75. The summed E-state index contributed by atoms with van der Waals surface area (Å²) in [5.41, 5.74) is 6.85. The molecule has 4 heteroatoms. The molecule has 114 valence electrons. The first kappa shape index (κ1) is 14.4. The highest BCUT2D eigenvalue weighted by atomic mass is 16.2. The molecule has 0 saturated carbocycles. The summed E-state index contributed by atoms with van der Waals surface area (Å²) in [4.78, 5) is 15.7. The molecule has 0 aliphatic carbocycles. The Kier molecular flexibility index (Phi) is 4.44. The second-order valence-corrected chi connectivity index (χ2v) is 6.56. The molecule has 0 radical (unpaired) electrons. The molecule has 2 aliphatic heterocycles.